The molecule has 1 fully saturated rings. The standard InChI is InChI=1S/C19H22N2O3/c22-18-17(19(23)24)20(13-15-7-3-1-4-8-15)11-12-21(18)14-16-9-5-2-6-10-16/h1-10,17-18,22H,11-14H2,(H,23,24). The maximum absolute atomic E-state index is 11.7. The number of benzene rings is 2. The summed E-state index contributed by atoms with van der Waals surface area (Å²) >= 11 is 0. The van der Waals surface area contributed by atoms with E-state index in [1.165, 1.54) is 0 Å². The smallest absolute Gasteiger partial charge is 0.325 e. The molecule has 0 amide bonds. The molecule has 5 heteroatoms. The summed E-state index contributed by atoms with van der Waals surface area (Å²) in [4.78, 5) is 15.4. The summed E-state index contributed by atoms with van der Waals surface area (Å²) < 4.78 is 0. The third-order valence-electron chi connectivity index (χ3n) is 4.43. The highest BCUT2D eigenvalue weighted by Gasteiger charge is 2.40. The Balaban J connectivity index is 1.72. The van der Waals surface area contributed by atoms with E-state index in [2.05, 4.69) is 0 Å². The highest BCUT2D eigenvalue weighted by atomic mass is 16.4. The normalized spacial score (nSPS) is 22.4. The Bertz CT molecular complexity index is 663. The molecule has 2 aromatic rings. The van der Waals surface area contributed by atoms with Gasteiger partial charge in [0.05, 0.1) is 0 Å². The number of hydrogen-bond donors (Lipinski definition) is 2. The first-order chi connectivity index (χ1) is 11.6. The minimum atomic E-state index is -1.03. The first-order valence-corrected chi connectivity index (χ1v) is 8.12. The minimum Gasteiger partial charge on any atom is -0.480 e. The zero-order chi connectivity index (χ0) is 16.9. The van der Waals surface area contributed by atoms with Crippen molar-refractivity contribution in [2.75, 3.05) is 13.1 Å². The number of rotatable bonds is 5. The predicted molar refractivity (Wildman–Crippen MR) is 91.1 cm³/mol. The van der Waals surface area contributed by atoms with Crippen LogP contribution in [0.4, 0.5) is 0 Å². The zero-order valence-electron chi connectivity index (χ0n) is 13.5. The monoisotopic (exact) mass is 326 g/mol. The third-order valence-corrected chi connectivity index (χ3v) is 4.43. The molecule has 3 rings (SSSR count). The molecule has 0 saturated carbocycles. The molecular weight excluding hydrogens is 304 g/mol. The Hall–Kier alpha value is -2.21. The number of nitrogens with zero attached hydrogens (tertiary/aromatic N) is 2. The Morgan fingerprint density at radius 1 is 0.875 bits per heavy atom. The van der Waals surface area contributed by atoms with Crippen molar-refractivity contribution in [1.29, 1.82) is 0 Å². The topological polar surface area (TPSA) is 64.0 Å². The molecular formula is C19H22N2O3. The zero-order valence-corrected chi connectivity index (χ0v) is 13.5. The van der Waals surface area contributed by atoms with Crippen molar-refractivity contribution in [3.63, 3.8) is 0 Å². The van der Waals surface area contributed by atoms with Crippen molar-refractivity contribution in [1.82, 2.24) is 9.80 Å². The van der Waals surface area contributed by atoms with Crippen molar-refractivity contribution in [3.8, 4) is 0 Å². The predicted octanol–water partition coefficient (Wildman–Crippen LogP) is 1.78. The van der Waals surface area contributed by atoms with Gasteiger partial charge in [-0.25, -0.2) is 0 Å². The quantitative estimate of drug-likeness (QED) is 0.877. The lowest BCUT2D eigenvalue weighted by Crippen LogP contribution is -2.61. The number of carboxylic acid groups (broad SMARTS) is 1. The molecule has 2 atom stereocenters. The van der Waals surface area contributed by atoms with Gasteiger partial charge in [0.2, 0.25) is 0 Å². The van der Waals surface area contributed by atoms with Crippen LogP contribution in [0.25, 0.3) is 0 Å². The third kappa shape index (κ3) is 3.82. The summed E-state index contributed by atoms with van der Waals surface area (Å²) in [5, 5.41) is 20.2. The highest BCUT2D eigenvalue weighted by Crippen LogP contribution is 2.21. The van der Waals surface area contributed by atoms with Crippen LogP contribution < -0.4 is 0 Å². The van der Waals surface area contributed by atoms with E-state index in [0.29, 0.717) is 26.2 Å². The molecule has 0 aliphatic carbocycles. The lowest BCUT2D eigenvalue weighted by Gasteiger charge is -2.43. The van der Waals surface area contributed by atoms with Gasteiger partial charge in [0.15, 0.2) is 0 Å². The van der Waals surface area contributed by atoms with Gasteiger partial charge in [-0.1, -0.05) is 60.7 Å². The van der Waals surface area contributed by atoms with E-state index in [9.17, 15) is 15.0 Å². The molecule has 2 N–H and O–H groups in total. The van der Waals surface area contributed by atoms with Gasteiger partial charge in [0.25, 0.3) is 0 Å². The average Bonchev–Trinajstić information content (AvgIpc) is 2.59. The summed E-state index contributed by atoms with van der Waals surface area (Å²) in [6, 6.07) is 18.6. The van der Waals surface area contributed by atoms with Crippen molar-refractivity contribution < 1.29 is 15.0 Å². The largest absolute Gasteiger partial charge is 0.480 e. The number of aliphatic hydroxyl groups is 1. The van der Waals surface area contributed by atoms with Gasteiger partial charge >= 0.3 is 5.97 Å². The van der Waals surface area contributed by atoms with E-state index in [4.69, 9.17) is 0 Å². The van der Waals surface area contributed by atoms with Crippen LogP contribution in [-0.4, -0.2) is 51.3 Å². The van der Waals surface area contributed by atoms with Gasteiger partial charge in [-0.2, -0.15) is 0 Å². The van der Waals surface area contributed by atoms with E-state index in [1.54, 1.807) is 0 Å². The number of aliphatic hydroxyl groups excluding tert-OH is 1. The molecule has 0 spiro atoms. The summed E-state index contributed by atoms with van der Waals surface area (Å²) in [6.07, 6.45) is -1.03. The van der Waals surface area contributed by atoms with Crippen LogP contribution in [0.1, 0.15) is 11.1 Å². The number of hydrogen-bond acceptors (Lipinski definition) is 4. The van der Waals surface area contributed by atoms with E-state index < -0.39 is 18.2 Å². The SMILES string of the molecule is O=C(O)C1C(O)N(Cc2ccccc2)CCN1Cc1ccccc1. The first-order valence-electron chi connectivity index (χ1n) is 8.12. The summed E-state index contributed by atoms with van der Waals surface area (Å²) in [7, 11) is 0. The molecule has 2 unspecified atom stereocenters. The lowest BCUT2D eigenvalue weighted by atomic mass is 10.1. The van der Waals surface area contributed by atoms with E-state index in [1.807, 2.05) is 70.5 Å². The second-order valence-electron chi connectivity index (χ2n) is 6.11. The lowest BCUT2D eigenvalue weighted by molar-refractivity contribution is -0.164. The van der Waals surface area contributed by atoms with Crippen LogP contribution in [0.5, 0.6) is 0 Å². The van der Waals surface area contributed by atoms with Gasteiger partial charge in [-0.3, -0.25) is 14.6 Å². The number of aliphatic carboxylic acids is 1. The number of carbonyl (C=O) groups is 1. The van der Waals surface area contributed by atoms with Gasteiger partial charge in [-0.05, 0) is 11.1 Å². The molecule has 1 aliphatic heterocycles. The summed E-state index contributed by atoms with van der Waals surface area (Å²) in [5.41, 5.74) is 2.12. The second-order valence-corrected chi connectivity index (χ2v) is 6.11. The number of piperazine rings is 1. The van der Waals surface area contributed by atoms with Gasteiger partial charge < -0.3 is 10.2 Å². The average molecular weight is 326 g/mol. The molecule has 24 heavy (non-hydrogen) atoms. The fourth-order valence-corrected chi connectivity index (χ4v) is 3.19. The summed E-state index contributed by atoms with van der Waals surface area (Å²) in [6.45, 7) is 2.31. The van der Waals surface area contributed by atoms with Crippen LogP contribution in [0.15, 0.2) is 60.7 Å². The Kier molecular flexibility index (Phi) is 5.25. The Labute approximate surface area is 141 Å². The van der Waals surface area contributed by atoms with Gasteiger partial charge in [0, 0.05) is 26.2 Å². The Morgan fingerprint density at radius 3 is 1.83 bits per heavy atom. The van der Waals surface area contributed by atoms with Gasteiger partial charge in [-0.15, -0.1) is 0 Å². The van der Waals surface area contributed by atoms with Crippen molar-refractivity contribution in [2.45, 2.75) is 25.4 Å². The van der Waals surface area contributed by atoms with Crippen LogP contribution in [0.3, 0.4) is 0 Å². The van der Waals surface area contributed by atoms with Gasteiger partial charge in [0.1, 0.15) is 12.3 Å². The van der Waals surface area contributed by atoms with Crippen LogP contribution in [0, 0.1) is 0 Å². The Morgan fingerprint density at radius 2 is 1.33 bits per heavy atom. The summed E-state index contributed by atoms with van der Waals surface area (Å²) in [5.74, 6) is -0.990. The first kappa shape index (κ1) is 16.6. The minimum absolute atomic E-state index is 0.522. The van der Waals surface area contributed by atoms with Crippen molar-refractivity contribution >= 4 is 5.97 Å². The highest BCUT2D eigenvalue weighted by molar-refractivity contribution is 5.74. The van der Waals surface area contributed by atoms with Crippen LogP contribution in [0.2, 0.25) is 0 Å². The molecule has 1 saturated heterocycles. The molecule has 5 nitrogen and oxygen atoms in total. The van der Waals surface area contributed by atoms with E-state index in [-0.39, 0.29) is 0 Å². The van der Waals surface area contributed by atoms with E-state index in [0.717, 1.165) is 11.1 Å². The van der Waals surface area contributed by atoms with Crippen molar-refractivity contribution in [3.05, 3.63) is 71.8 Å². The molecule has 0 bridgehead atoms. The molecule has 2 aromatic carbocycles. The molecule has 1 aliphatic rings. The molecule has 0 radical (unpaired) electrons. The molecule has 0 aromatic heterocycles. The second kappa shape index (κ2) is 7.57. The van der Waals surface area contributed by atoms with Crippen LogP contribution >= 0.6 is 0 Å². The molecule has 126 valence electrons. The fraction of sp³-hybridized carbons (Fsp3) is 0.316. The number of carboxylic acids is 1. The molecule has 1 heterocycles. The van der Waals surface area contributed by atoms with Crippen molar-refractivity contribution in [2.24, 2.45) is 0 Å². The van der Waals surface area contributed by atoms with Crippen LogP contribution in [-0.2, 0) is 17.9 Å². The maximum Gasteiger partial charge on any atom is 0.325 e. The maximum atomic E-state index is 11.7. The fourth-order valence-electron chi connectivity index (χ4n) is 3.19. The van der Waals surface area contributed by atoms with E-state index >= 15 is 0 Å².